The van der Waals surface area contributed by atoms with Gasteiger partial charge in [-0.3, -0.25) is 4.72 Å². The van der Waals surface area contributed by atoms with Gasteiger partial charge in [-0.25, -0.2) is 18.4 Å². The first-order valence-electron chi connectivity index (χ1n) is 5.66. The smallest absolute Gasteiger partial charge is 0.347 e. The summed E-state index contributed by atoms with van der Waals surface area (Å²) >= 11 is 0. The quantitative estimate of drug-likeness (QED) is 0.864. The fourth-order valence-corrected chi connectivity index (χ4v) is 2.39. The van der Waals surface area contributed by atoms with Crippen LogP contribution in [0, 0.1) is 0 Å². The summed E-state index contributed by atoms with van der Waals surface area (Å²) in [6.07, 6.45) is -3.47. The lowest BCUT2D eigenvalue weighted by molar-refractivity contribution is -0.134. The van der Waals surface area contributed by atoms with Gasteiger partial charge in [0.25, 0.3) is 0 Å². The zero-order valence-electron chi connectivity index (χ0n) is 11.0. The number of rotatable bonds is 6. The van der Waals surface area contributed by atoms with E-state index in [-0.39, 0.29) is 5.69 Å². The van der Waals surface area contributed by atoms with Crippen molar-refractivity contribution < 1.29 is 21.6 Å². The van der Waals surface area contributed by atoms with Gasteiger partial charge >= 0.3 is 6.18 Å². The zero-order chi connectivity index (χ0) is 15.4. The van der Waals surface area contributed by atoms with Gasteiger partial charge in [0, 0.05) is 20.5 Å². The van der Waals surface area contributed by atoms with Crippen molar-refractivity contribution in [3.63, 3.8) is 0 Å². The molecule has 0 fully saturated rings. The number of sulfonamides is 1. The molecule has 0 atom stereocenters. The third-order valence-electron chi connectivity index (χ3n) is 2.18. The molecule has 1 aromatic heterocycles. The van der Waals surface area contributed by atoms with Crippen LogP contribution in [0.4, 0.5) is 24.8 Å². The fraction of sp³-hybridized carbons (Fsp3) is 0.600. The normalized spacial score (nSPS) is 12.2. The zero-order valence-corrected chi connectivity index (χ0v) is 11.8. The van der Waals surface area contributed by atoms with Gasteiger partial charge in [0.1, 0.15) is 0 Å². The van der Waals surface area contributed by atoms with Gasteiger partial charge in [0.15, 0.2) is 0 Å². The second-order valence-corrected chi connectivity index (χ2v) is 6.15. The van der Waals surface area contributed by atoms with E-state index in [0.29, 0.717) is 5.95 Å². The van der Waals surface area contributed by atoms with Crippen LogP contribution in [0.25, 0.3) is 0 Å². The Morgan fingerprint density at radius 3 is 2.25 bits per heavy atom. The standard InChI is InChI=1S/C10H15F3N4O2S/c1-17(2)9-14-6-8(7-15-9)16-20(18,19)5-3-4-10(11,12)13/h6-7,16H,3-5H2,1-2H3. The Balaban J connectivity index is 2.58. The number of nitrogens with zero attached hydrogens (tertiary/aromatic N) is 3. The number of nitrogens with one attached hydrogen (secondary N) is 1. The lowest BCUT2D eigenvalue weighted by Crippen LogP contribution is -2.19. The second kappa shape index (κ2) is 6.25. The molecule has 1 aromatic rings. The molecule has 20 heavy (non-hydrogen) atoms. The van der Waals surface area contributed by atoms with E-state index in [9.17, 15) is 21.6 Å². The highest BCUT2D eigenvalue weighted by Gasteiger charge is 2.27. The Kier molecular flexibility index (Phi) is 5.15. The maximum atomic E-state index is 11.9. The summed E-state index contributed by atoms with van der Waals surface area (Å²) in [6.45, 7) is 0. The fourth-order valence-electron chi connectivity index (χ4n) is 1.30. The first kappa shape index (κ1) is 16.5. The predicted molar refractivity (Wildman–Crippen MR) is 69.1 cm³/mol. The number of alkyl halides is 3. The van der Waals surface area contributed by atoms with Crippen molar-refractivity contribution in [1.82, 2.24) is 9.97 Å². The molecule has 1 N–H and O–H groups in total. The highest BCUT2D eigenvalue weighted by molar-refractivity contribution is 7.92. The topological polar surface area (TPSA) is 75.2 Å². The van der Waals surface area contributed by atoms with Crippen LogP contribution in [0.15, 0.2) is 12.4 Å². The molecule has 0 unspecified atom stereocenters. The molecule has 0 aliphatic rings. The van der Waals surface area contributed by atoms with Crippen LogP contribution >= 0.6 is 0 Å². The maximum Gasteiger partial charge on any atom is 0.389 e. The van der Waals surface area contributed by atoms with Gasteiger partial charge in [-0.2, -0.15) is 13.2 Å². The predicted octanol–water partition coefficient (Wildman–Crippen LogP) is 1.63. The molecule has 0 radical (unpaired) electrons. The number of aromatic nitrogens is 2. The number of halogens is 3. The van der Waals surface area contributed by atoms with Crippen LogP contribution in [0.1, 0.15) is 12.8 Å². The highest BCUT2D eigenvalue weighted by Crippen LogP contribution is 2.21. The molecule has 0 saturated carbocycles. The van der Waals surface area contributed by atoms with Crippen molar-refractivity contribution in [3.05, 3.63) is 12.4 Å². The van der Waals surface area contributed by atoms with Crippen molar-refractivity contribution in [2.24, 2.45) is 0 Å². The third kappa shape index (κ3) is 6.04. The summed E-state index contributed by atoms with van der Waals surface area (Å²) < 4.78 is 61.1. The summed E-state index contributed by atoms with van der Waals surface area (Å²) in [6, 6.07) is 0. The van der Waals surface area contributed by atoms with Crippen molar-refractivity contribution in [3.8, 4) is 0 Å². The minimum atomic E-state index is -4.36. The molecule has 0 spiro atoms. The average molecular weight is 312 g/mol. The van der Waals surface area contributed by atoms with Crippen LogP contribution in [-0.4, -0.2) is 44.4 Å². The van der Waals surface area contributed by atoms with Gasteiger partial charge < -0.3 is 4.90 Å². The first-order chi connectivity index (χ1) is 9.09. The van der Waals surface area contributed by atoms with Crippen LogP contribution in [-0.2, 0) is 10.0 Å². The van der Waals surface area contributed by atoms with E-state index in [4.69, 9.17) is 0 Å². The highest BCUT2D eigenvalue weighted by atomic mass is 32.2. The Bertz CT molecular complexity index is 528. The van der Waals surface area contributed by atoms with E-state index in [2.05, 4.69) is 14.7 Å². The van der Waals surface area contributed by atoms with E-state index in [1.165, 1.54) is 12.4 Å². The molecule has 0 bridgehead atoms. The molecular weight excluding hydrogens is 297 g/mol. The van der Waals surface area contributed by atoms with Gasteiger partial charge in [-0.15, -0.1) is 0 Å². The molecule has 0 aromatic carbocycles. The lowest BCUT2D eigenvalue weighted by atomic mass is 10.3. The summed E-state index contributed by atoms with van der Waals surface area (Å²) in [5.41, 5.74) is 0.114. The minimum absolute atomic E-state index is 0.114. The minimum Gasteiger partial charge on any atom is -0.347 e. The number of hydrogen-bond donors (Lipinski definition) is 1. The largest absolute Gasteiger partial charge is 0.389 e. The van der Waals surface area contributed by atoms with Gasteiger partial charge in [-0.1, -0.05) is 0 Å². The van der Waals surface area contributed by atoms with Crippen LogP contribution in [0.5, 0.6) is 0 Å². The molecule has 10 heteroatoms. The maximum absolute atomic E-state index is 11.9. The van der Waals surface area contributed by atoms with Gasteiger partial charge in [-0.05, 0) is 6.42 Å². The molecule has 114 valence electrons. The van der Waals surface area contributed by atoms with Crippen molar-refractivity contribution in [2.45, 2.75) is 19.0 Å². The molecule has 1 rings (SSSR count). The van der Waals surface area contributed by atoms with E-state index in [1.54, 1.807) is 19.0 Å². The Hall–Kier alpha value is -1.58. The average Bonchev–Trinajstić information content (AvgIpc) is 2.26. The van der Waals surface area contributed by atoms with Crippen LogP contribution < -0.4 is 9.62 Å². The Labute approximate surface area is 115 Å². The van der Waals surface area contributed by atoms with Crippen molar-refractivity contribution in [2.75, 3.05) is 29.5 Å². The lowest BCUT2D eigenvalue weighted by Gasteiger charge is -2.11. The van der Waals surface area contributed by atoms with E-state index >= 15 is 0 Å². The van der Waals surface area contributed by atoms with E-state index in [1.807, 2.05) is 0 Å². The molecule has 6 nitrogen and oxygen atoms in total. The van der Waals surface area contributed by atoms with Crippen LogP contribution in [0.3, 0.4) is 0 Å². The summed E-state index contributed by atoms with van der Waals surface area (Å²) in [5.74, 6) is -0.216. The molecule has 0 aliphatic carbocycles. The number of hydrogen-bond acceptors (Lipinski definition) is 5. The first-order valence-corrected chi connectivity index (χ1v) is 7.31. The monoisotopic (exact) mass is 312 g/mol. The summed E-state index contributed by atoms with van der Waals surface area (Å²) in [7, 11) is -0.397. The molecular formula is C10H15F3N4O2S. The summed E-state index contributed by atoms with van der Waals surface area (Å²) in [4.78, 5) is 9.41. The molecule has 1 heterocycles. The van der Waals surface area contributed by atoms with Crippen molar-refractivity contribution >= 4 is 21.7 Å². The molecule has 0 amide bonds. The Morgan fingerprint density at radius 1 is 1.25 bits per heavy atom. The third-order valence-corrected chi connectivity index (χ3v) is 3.56. The van der Waals surface area contributed by atoms with Gasteiger partial charge in [0.05, 0.1) is 23.8 Å². The molecule has 0 aliphatic heterocycles. The van der Waals surface area contributed by atoms with E-state index < -0.39 is 34.8 Å². The van der Waals surface area contributed by atoms with Crippen molar-refractivity contribution in [1.29, 1.82) is 0 Å². The SMILES string of the molecule is CN(C)c1ncc(NS(=O)(=O)CCCC(F)(F)F)cn1. The van der Waals surface area contributed by atoms with Gasteiger partial charge in [0.2, 0.25) is 16.0 Å². The second-order valence-electron chi connectivity index (χ2n) is 4.31. The van der Waals surface area contributed by atoms with E-state index in [0.717, 1.165) is 0 Å². The Morgan fingerprint density at radius 2 is 1.80 bits per heavy atom. The molecule has 0 saturated heterocycles. The van der Waals surface area contributed by atoms with Crippen LogP contribution in [0.2, 0.25) is 0 Å². The number of anilines is 2. The summed E-state index contributed by atoms with van der Waals surface area (Å²) in [5, 5.41) is 0.